The number of likely N-dealkylation sites (tertiary alicyclic amines) is 1. The molecule has 5 heteroatoms. The number of nitrogens with zero attached hydrogens (tertiary/aromatic N) is 1. The van der Waals surface area contributed by atoms with Gasteiger partial charge < -0.3 is 15.5 Å². The van der Waals surface area contributed by atoms with E-state index in [1.807, 2.05) is 24.3 Å². The molecule has 1 aliphatic carbocycles. The molecule has 2 heterocycles. The topological polar surface area (TPSA) is 61.4 Å². The molecule has 4 rings (SSSR count). The van der Waals surface area contributed by atoms with E-state index in [0.29, 0.717) is 5.92 Å². The number of piperidine rings is 1. The quantitative estimate of drug-likeness (QED) is 0.854. The summed E-state index contributed by atoms with van der Waals surface area (Å²) >= 11 is 0. The van der Waals surface area contributed by atoms with Gasteiger partial charge in [0.2, 0.25) is 11.8 Å². The van der Waals surface area contributed by atoms with E-state index in [1.54, 1.807) is 0 Å². The Balaban J connectivity index is 1.26. The van der Waals surface area contributed by atoms with Gasteiger partial charge in [0.1, 0.15) is 0 Å². The number of hydrogen-bond acceptors (Lipinski definition) is 3. The molecule has 2 amide bonds. The van der Waals surface area contributed by atoms with E-state index in [-0.39, 0.29) is 24.2 Å². The smallest absolute Gasteiger partial charge is 0.228 e. The van der Waals surface area contributed by atoms with E-state index in [1.165, 1.54) is 25.8 Å². The number of amides is 2. The standard InChI is InChI=1S/C21H29N3O2/c25-20-12-18(17-6-1-2-7-19(17)23-20)21(26)22-13-15-8-10-24(11-9-15)14-16-4-3-5-16/h1-2,6-7,15-16,18H,3-5,8-14H2,(H,22,26)(H,23,25). The summed E-state index contributed by atoms with van der Waals surface area (Å²) in [5.41, 5.74) is 1.70. The van der Waals surface area contributed by atoms with Gasteiger partial charge in [0.05, 0.1) is 5.92 Å². The summed E-state index contributed by atoms with van der Waals surface area (Å²) in [6, 6.07) is 7.62. The van der Waals surface area contributed by atoms with Gasteiger partial charge >= 0.3 is 0 Å². The molecule has 1 aromatic carbocycles. The Hall–Kier alpha value is -1.88. The molecular formula is C21H29N3O2. The van der Waals surface area contributed by atoms with Crippen LogP contribution < -0.4 is 10.6 Å². The lowest BCUT2D eigenvalue weighted by Gasteiger charge is -2.37. The highest BCUT2D eigenvalue weighted by atomic mass is 16.2. The maximum Gasteiger partial charge on any atom is 0.228 e. The van der Waals surface area contributed by atoms with Crippen LogP contribution in [0.3, 0.4) is 0 Å². The second-order valence-corrected chi connectivity index (χ2v) is 8.18. The SMILES string of the molecule is O=C1CC(C(=O)NCC2CCN(CC3CCC3)CC2)c2ccccc2N1. The Morgan fingerprint density at radius 3 is 2.62 bits per heavy atom. The second kappa shape index (κ2) is 7.78. The monoisotopic (exact) mass is 355 g/mol. The summed E-state index contributed by atoms with van der Waals surface area (Å²) in [4.78, 5) is 27.2. The van der Waals surface area contributed by atoms with Crippen LogP contribution in [0.1, 0.15) is 50.0 Å². The van der Waals surface area contributed by atoms with Gasteiger partial charge in [0, 0.05) is 25.2 Å². The first-order valence-corrected chi connectivity index (χ1v) is 10.1. The lowest BCUT2D eigenvalue weighted by atomic mass is 9.84. The molecule has 140 valence electrons. The van der Waals surface area contributed by atoms with Crippen molar-refractivity contribution in [2.45, 2.75) is 44.4 Å². The minimum absolute atomic E-state index is 0.0100. The number of rotatable bonds is 5. The molecular weight excluding hydrogens is 326 g/mol. The minimum Gasteiger partial charge on any atom is -0.355 e. The van der Waals surface area contributed by atoms with Crippen LogP contribution in [0.4, 0.5) is 5.69 Å². The van der Waals surface area contributed by atoms with Crippen molar-refractivity contribution in [3.8, 4) is 0 Å². The average molecular weight is 355 g/mol. The van der Waals surface area contributed by atoms with E-state index in [9.17, 15) is 9.59 Å². The van der Waals surface area contributed by atoms with Crippen molar-refractivity contribution in [1.82, 2.24) is 10.2 Å². The van der Waals surface area contributed by atoms with Gasteiger partial charge in [-0.25, -0.2) is 0 Å². The number of benzene rings is 1. The molecule has 5 nitrogen and oxygen atoms in total. The van der Waals surface area contributed by atoms with Crippen LogP contribution in [-0.4, -0.2) is 42.9 Å². The van der Waals surface area contributed by atoms with Crippen LogP contribution >= 0.6 is 0 Å². The van der Waals surface area contributed by atoms with Crippen molar-refractivity contribution in [2.75, 3.05) is 31.5 Å². The summed E-state index contributed by atoms with van der Waals surface area (Å²) in [6.07, 6.45) is 6.79. The first-order valence-electron chi connectivity index (χ1n) is 10.1. The number of nitrogens with one attached hydrogen (secondary N) is 2. The lowest BCUT2D eigenvalue weighted by molar-refractivity contribution is -0.126. The zero-order valence-corrected chi connectivity index (χ0v) is 15.4. The molecule has 0 spiro atoms. The number of carbonyl (C=O) groups excluding carboxylic acids is 2. The van der Waals surface area contributed by atoms with Crippen LogP contribution in [0.5, 0.6) is 0 Å². The van der Waals surface area contributed by atoms with Crippen molar-refractivity contribution in [2.24, 2.45) is 11.8 Å². The van der Waals surface area contributed by atoms with Crippen LogP contribution in [0.15, 0.2) is 24.3 Å². The van der Waals surface area contributed by atoms with Gasteiger partial charge in [-0.2, -0.15) is 0 Å². The van der Waals surface area contributed by atoms with Crippen molar-refractivity contribution < 1.29 is 9.59 Å². The van der Waals surface area contributed by atoms with Crippen molar-refractivity contribution in [3.63, 3.8) is 0 Å². The van der Waals surface area contributed by atoms with Crippen LogP contribution in [0.25, 0.3) is 0 Å². The zero-order valence-electron chi connectivity index (χ0n) is 15.4. The molecule has 1 unspecified atom stereocenters. The number of hydrogen-bond donors (Lipinski definition) is 2. The van der Waals surface area contributed by atoms with Gasteiger partial charge in [-0.15, -0.1) is 0 Å². The third kappa shape index (κ3) is 3.93. The Kier molecular flexibility index (Phi) is 5.25. The second-order valence-electron chi connectivity index (χ2n) is 8.18. The summed E-state index contributed by atoms with van der Waals surface area (Å²) in [6.45, 7) is 4.32. The number of fused-ring (bicyclic) bond motifs is 1. The van der Waals surface area contributed by atoms with Gasteiger partial charge in [0.15, 0.2) is 0 Å². The van der Waals surface area contributed by atoms with E-state index in [0.717, 1.165) is 49.6 Å². The highest BCUT2D eigenvalue weighted by Gasteiger charge is 2.31. The van der Waals surface area contributed by atoms with Crippen molar-refractivity contribution in [3.05, 3.63) is 29.8 Å². The molecule has 0 aromatic heterocycles. The predicted molar refractivity (Wildman–Crippen MR) is 102 cm³/mol. The Morgan fingerprint density at radius 1 is 1.12 bits per heavy atom. The summed E-state index contributed by atoms with van der Waals surface area (Å²) in [5, 5.41) is 5.98. The molecule has 26 heavy (non-hydrogen) atoms. The van der Waals surface area contributed by atoms with Gasteiger partial charge in [-0.1, -0.05) is 24.6 Å². The number of para-hydroxylation sites is 1. The summed E-state index contributed by atoms with van der Waals surface area (Å²) in [5.74, 6) is 1.05. The lowest BCUT2D eigenvalue weighted by Crippen LogP contribution is -2.42. The van der Waals surface area contributed by atoms with Crippen molar-refractivity contribution >= 4 is 17.5 Å². The Bertz CT molecular complexity index is 663. The first-order chi connectivity index (χ1) is 12.7. The molecule has 2 aliphatic heterocycles. The molecule has 1 aromatic rings. The van der Waals surface area contributed by atoms with Gasteiger partial charge in [0.25, 0.3) is 0 Å². The Morgan fingerprint density at radius 2 is 1.88 bits per heavy atom. The molecule has 0 bridgehead atoms. The van der Waals surface area contributed by atoms with Crippen molar-refractivity contribution in [1.29, 1.82) is 0 Å². The van der Waals surface area contributed by atoms with Gasteiger partial charge in [-0.3, -0.25) is 9.59 Å². The number of anilines is 1. The van der Waals surface area contributed by atoms with E-state index in [2.05, 4.69) is 15.5 Å². The third-order valence-electron chi connectivity index (χ3n) is 6.33. The normalized spacial score (nSPS) is 24.5. The molecule has 1 saturated carbocycles. The molecule has 1 saturated heterocycles. The van der Waals surface area contributed by atoms with E-state index < -0.39 is 0 Å². The highest BCUT2D eigenvalue weighted by Crippen LogP contribution is 2.32. The average Bonchev–Trinajstić information content (AvgIpc) is 2.63. The van der Waals surface area contributed by atoms with E-state index >= 15 is 0 Å². The summed E-state index contributed by atoms with van der Waals surface area (Å²) < 4.78 is 0. The maximum absolute atomic E-state index is 12.7. The van der Waals surface area contributed by atoms with Crippen LogP contribution in [0.2, 0.25) is 0 Å². The molecule has 2 N–H and O–H groups in total. The van der Waals surface area contributed by atoms with Crippen LogP contribution in [-0.2, 0) is 9.59 Å². The molecule has 1 atom stereocenters. The molecule has 3 aliphatic rings. The summed E-state index contributed by atoms with van der Waals surface area (Å²) in [7, 11) is 0. The minimum atomic E-state index is -0.362. The largest absolute Gasteiger partial charge is 0.355 e. The molecule has 0 radical (unpaired) electrons. The zero-order chi connectivity index (χ0) is 17.9. The van der Waals surface area contributed by atoms with Crippen LogP contribution in [0, 0.1) is 11.8 Å². The third-order valence-corrected chi connectivity index (χ3v) is 6.33. The maximum atomic E-state index is 12.7. The molecule has 2 fully saturated rings. The predicted octanol–water partition coefficient (Wildman–Crippen LogP) is 2.74. The first kappa shape index (κ1) is 17.5. The van der Waals surface area contributed by atoms with E-state index in [4.69, 9.17) is 0 Å². The Labute approximate surface area is 155 Å². The fourth-order valence-electron chi connectivity index (χ4n) is 4.43. The highest BCUT2D eigenvalue weighted by molar-refractivity contribution is 6.01. The fourth-order valence-corrected chi connectivity index (χ4v) is 4.43. The number of carbonyl (C=O) groups is 2. The fraction of sp³-hybridized carbons (Fsp3) is 0.619. The van der Waals surface area contributed by atoms with Gasteiger partial charge in [-0.05, 0) is 62.2 Å².